The van der Waals surface area contributed by atoms with Crippen LogP contribution in [0.25, 0.3) is 11.4 Å². The molecule has 102 valence electrons. The minimum atomic E-state index is -4.03. The van der Waals surface area contributed by atoms with Crippen molar-refractivity contribution in [2.75, 3.05) is 0 Å². The standard InChI is InChI=1S/C10H8BrClFN3O2S/c1-2-16-9(14-15-10(16)19(12,17)18)6-4-3-5-7(11)8(6)13/h3-5H,2H2,1H3. The summed E-state index contributed by atoms with van der Waals surface area (Å²) in [6.45, 7) is 1.93. The zero-order valence-corrected chi connectivity index (χ0v) is 12.8. The fourth-order valence-electron chi connectivity index (χ4n) is 1.63. The molecule has 0 spiro atoms. The molecule has 0 saturated heterocycles. The third-order valence-electron chi connectivity index (χ3n) is 2.44. The summed E-state index contributed by atoms with van der Waals surface area (Å²) in [7, 11) is 1.23. The van der Waals surface area contributed by atoms with Crippen LogP contribution in [0.2, 0.25) is 0 Å². The number of hydrogen-bond acceptors (Lipinski definition) is 4. The molecule has 0 N–H and O–H groups in total. The van der Waals surface area contributed by atoms with E-state index >= 15 is 0 Å². The number of halogens is 3. The second-order valence-electron chi connectivity index (χ2n) is 3.59. The van der Waals surface area contributed by atoms with Crippen molar-refractivity contribution in [3.05, 3.63) is 28.5 Å². The van der Waals surface area contributed by atoms with Gasteiger partial charge in [-0.3, -0.25) is 4.57 Å². The van der Waals surface area contributed by atoms with Gasteiger partial charge in [-0.15, -0.1) is 10.2 Å². The minimum Gasteiger partial charge on any atom is -0.297 e. The monoisotopic (exact) mass is 367 g/mol. The van der Waals surface area contributed by atoms with E-state index in [9.17, 15) is 12.8 Å². The van der Waals surface area contributed by atoms with E-state index in [2.05, 4.69) is 26.1 Å². The second kappa shape index (κ2) is 5.18. The van der Waals surface area contributed by atoms with Gasteiger partial charge >= 0.3 is 0 Å². The van der Waals surface area contributed by atoms with Gasteiger partial charge in [0.15, 0.2) is 5.82 Å². The fourth-order valence-corrected chi connectivity index (χ4v) is 2.96. The maximum absolute atomic E-state index is 14.0. The molecule has 0 atom stereocenters. The summed E-state index contributed by atoms with van der Waals surface area (Å²) >= 11 is 3.06. The predicted molar refractivity (Wildman–Crippen MR) is 71.8 cm³/mol. The zero-order valence-electron chi connectivity index (χ0n) is 9.64. The molecule has 0 aliphatic carbocycles. The Bertz CT molecular complexity index is 732. The van der Waals surface area contributed by atoms with Gasteiger partial charge in [0.25, 0.3) is 14.2 Å². The Balaban J connectivity index is 2.71. The van der Waals surface area contributed by atoms with Gasteiger partial charge in [-0.1, -0.05) is 6.07 Å². The normalized spacial score (nSPS) is 11.8. The SMILES string of the molecule is CCn1c(-c2cccc(Br)c2F)nnc1S(=O)(=O)Cl. The number of rotatable bonds is 3. The molecule has 9 heteroatoms. The molecule has 2 rings (SSSR count). The Morgan fingerprint density at radius 3 is 2.68 bits per heavy atom. The highest BCUT2D eigenvalue weighted by Gasteiger charge is 2.24. The largest absolute Gasteiger partial charge is 0.297 e. The molecule has 0 aliphatic rings. The summed E-state index contributed by atoms with van der Waals surface area (Å²) in [5, 5.41) is 6.83. The van der Waals surface area contributed by atoms with E-state index in [4.69, 9.17) is 10.7 Å². The number of aromatic nitrogens is 3. The van der Waals surface area contributed by atoms with Crippen LogP contribution in [0, 0.1) is 5.82 Å². The smallest absolute Gasteiger partial charge is 0.296 e. The van der Waals surface area contributed by atoms with Gasteiger partial charge < -0.3 is 0 Å². The quantitative estimate of drug-likeness (QED) is 0.782. The van der Waals surface area contributed by atoms with Crippen LogP contribution >= 0.6 is 26.6 Å². The summed E-state index contributed by atoms with van der Waals surface area (Å²) in [4.78, 5) is 0. The Morgan fingerprint density at radius 2 is 2.11 bits per heavy atom. The average Bonchev–Trinajstić information content (AvgIpc) is 2.76. The Morgan fingerprint density at radius 1 is 1.42 bits per heavy atom. The van der Waals surface area contributed by atoms with Gasteiger partial charge in [-0.25, -0.2) is 12.8 Å². The van der Waals surface area contributed by atoms with E-state index in [1.54, 1.807) is 13.0 Å². The maximum Gasteiger partial charge on any atom is 0.296 e. The van der Waals surface area contributed by atoms with Gasteiger partial charge in [-0.2, -0.15) is 0 Å². The highest BCUT2D eigenvalue weighted by Crippen LogP contribution is 2.28. The Labute approximate surface area is 122 Å². The Hall–Kier alpha value is -0.990. The number of benzene rings is 1. The van der Waals surface area contributed by atoms with Crippen molar-refractivity contribution in [2.45, 2.75) is 18.6 Å². The number of nitrogens with zero attached hydrogens (tertiary/aromatic N) is 3. The third kappa shape index (κ3) is 2.65. The van der Waals surface area contributed by atoms with Crippen molar-refractivity contribution in [3.8, 4) is 11.4 Å². The molecular weight excluding hydrogens is 361 g/mol. The van der Waals surface area contributed by atoms with E-state index in [1.165, 1.54) is 16.7 Å². The van der Waals surface area contributed by atoms with E-state index < -0.39 is 20.0 Å². The van der Waals surface area contributed by atoms with Crippen LogP contribution in [0.1, 0.15) is 6.92 Å². The molecule has 5 nitrogen and oxygen atoms in total. The van der Waals surface area contributed by atoms with Crippen LogP contribution in [0.15, 0.2) is 27.8 Å². The maximum atomic E-state index is 14.0. The summed E-state index contributed by atoms with van der Waals surface area (Å²) in [5.74, 6) is -0.427. The first kappa shape index (κ1) is 14.4. The van der Waals surface area contributed by atoms with E-state index in [0.29, 0.717) is 0 Å². The van der Waals surface area contributed by atoms with E-state index in [0.717, 1.165) is 0 Å². The van der Waals surface area contributed by atoms with Crippen molar-refractivity contribution < 1.29 is 12.8 Å². The molecule has 2 aromatic rings. The fraction of sp³-hybridized carbons (Fsp3) is 0.200. The molecule has 1 aromatic carbocycles. The van der Waals surface area contributed by atoms with E-state index in [-0.39, 0.29) is 22.4 Å². The first-order chi connectivity index (χ1) is 8.86. The average molecular weight is 369 g/mol. The lowest BCUT2D eigenvalue weighted by atomic mass is 10.2. The van der Waals surface area contributed by atoms with Gasteiger partial charge in [0.05, 0.1) is 10.0 Å². The predicted octanol–water partition coefficient (Wildman–Crippen LogP) is 2.79. The second-order valence-corrected chi connectivity index (χ2v) is 6.90. The molecule has 0 saturated carbocycles. The van der Waals surface area contributed by atoms with Crippen LogP contribution in [0.3, 0.4) is 0 Å². The van der Waals surface area contributed by atoms with Crippen LogP contribution in [0.4, 0.5) is 4.39 Å². The molecule has 0 unspecified atom stereocenters. The van der Waals surface area contributed by atoms with Crippen LogP contribution < -0.4 is 0 Å². The molecule has 1 heterocycles. The number of hydrogen-bond donors (Lipinski definition) is 0. The lowest BCUT2D eigenvalue weighted by molar-refractivity contribution is 0.581. The zero-order chi connectivity index (χ0) is 14.2. The first-order valence-electron chi connectivity index (χ1n) is 5.18. The van der Waals surface area contributed by atoms with Crippen molar-refractivity contribution in [2.24, 2.45) is 0 Å². The van der Waals surface area contributed by atoms with Crippen LogP contribution in [-0.2, 0) is 15.6 Å². The molecule has 0 bridgehead atoms. The molecule has 1 aromatic heterocycles. The topological polar surface area (TPSA) is 64.8 Å². The van der Waals surface area contributed by atoms with Crippen molar-refractivity contribution in [3.63, 3.8) is 0 Å². The molecule has 0 fully saturated rings. The highest BCUT2D eigenvalue weighted by atomic mass is 79.9. The van der Waals surface area contributed by atoms with Crippen molar-refractivity contribution in [1.82, 2.24) is 14.8 Å². The minimum absolute atomic E-state index is 0.112. The van der Waals surface area contributed by atoms with Crippen molar-refractivity contribution >= 4 is 35.7 Å². The summed E-state index contributed by atoms with van der Waals surface area (Å²) < 4.78 is 38.2. The van der Waals surface area contributed by atoms with Gasteiger partial charge in [0, 0.05) is 17.2 Å². The van der Waals surface area contributed by atoms with Crippen LogP contribution in [-0.4, -0.2) is 23.2 Å². The molecular formula is C10H8BrClFN3O2S. The van der Waals surface area contributed by atoms with Gasteiger partial charge in [0.1, 0.15) is 5.82 Å². The molecule has 0 aliphatic heterocycles. The first-order valence-corrected chi connectivity index (χ1v) is 8.28. The summed E-state index contributed by atoms with van der Waals surface area (Å²) in [5.41, 5.74) is 0.148. The summed E-state index contributed by atoms with van der Waals surface area (Å²) in [6, 6.07) is 4.64. The lowest BCUT2D eigenvalue weighted by Crippen LogP contribution is -2.06. The lowest BCUT2D eigenvalue weighted by Gasteiger charge is -2.07. The molecule has 0 amide bonds. The summed E-state index contributed by atoms with van der Waals surface area (Å²) in [6.07, 6.45) is 0. The van der Waals surface area contributed by atoms with Crippen molar-refractivity contribution in [1.29, 1.82) is 0 Å². The highest BCUT2D eigenvalue weighted by molar-refractivity contribution is 9.10. The van der Waals surface area contributed by atoms with Crippen LogP contribution in [0.5, 0.6) is 0 Å². The van der Waals surface area contributed by atoms with E-state index in [1.807, 2.05) is 0 Å². The third-order valence-corrected chi connectivity index (χ3v) is 4.21. The van der Waals surface area contributed by atoms with Gasteiger partial charge in [-0.05, 0) is 35.0 Å². The Kier molecular flexibility index (Phi) is 3.93. The van der Waals surface area contributed by atoms with Gasteiger partial charge in [0.2, 0.25) is 0 Å². The molecule has 19 heavy (non-hydrogen) atoms. The molecule has 0 radical (unpaired) electrons.